The molecule has 0 atom stereocenters. The van der Waals surface area contributed by atoms with Gasteiger partial charge < -0.3 is 5.32 Å². The number of carbonyl (C=O) groups excluding carboxylic acids is 1. The summed E-state index contributed by atoms with van der Waals surface area (Å²) in [7, 11) is 0. The van der Waals surface area contributed by atoms with E-state index in [0.29, 0.717) is 13.0 Å². The number of halogens is 4. The lowest BCUT2D eigenvalue weighted by Crippen LogP contribution is -2.29. The van der Waals surface area contributed by atoms with Crippen LogP contribution in [0.3, 0.4) is 0 Å². The molecule has 0 saturated carbocycles. The molecule has 1 amide bonds. The van der Waals surface area contributed by atoms with Crippen molar-refractivity contribution >= 4 is 21.8 Å². The van der Waals surface area contributed by atoms with Gasteiger partial charge in [-0.15, -0.1) is 0 Å². The number of carbonyl (C=O) groups is 1. The minimum atomic E-state index is -4.56. The van der Waals surface area contributed by atoms with Crippen LogP contribution in [0.5, 0.6) is 0 Å². The first kappa shape index (κ1) is 17.0. The summed E-state index contributed by atoms with van der Waals surface area (Å²) >= 11 is 2.98. The van der Waals surface area contributed by atoms with Crippen LogP contribution in [0.2, 0.25) is 0 Å². The zero-order valence-electron chi connectivity index (χ0n) is 11.6. The molecule has 0 fully saturated rings. The fourth-order valence-electron chi connectivity index (χ4n) is 1.60. The van der Waals surface area contributed by atoms with Crippen molar-refractivity contribution in [1.29, 1.82) is 0 Å². The first-order valence-electron chi connectivity index (χ1n) is 6.16. The van der Waals surface area contributed by atoms with Gasteiger partial charge in [0.05, 0.1) is 11.1 Å². The Bertz CT molecular complexity index is 492. The molecule has 0 saturated heterocycles. The topological polar surface area (TPSA) is 29.1 Å². The molecule has 0 heterocycles. The molecule has 1 rings (SSSR count). The minimum Gasteiger partial charge on any atom is -0.352 e. The number of benzene rings is 1. The quantitative estimate of drug-likeness (QED) is 0.844. The maximum absolute atomic E-state index is 12.9. The first-order chi connectivity index (χ1) is 9.00. The third kappa shape index (κ3) is 5.15. The van der Waals surface area contributed by atoms with Gasteiger partial charge >= 0.3 is 6.18 Å². The average Bonchev–Trinajstić information content (AvgIpc) is 2.25. The van der Waals surface area contributed by atoms with Crippen LogP contribution in [0.1, 0.15) is 43.1 Å². The number of hydrogen-bond acceptors (Lipinski definition) is 1. The lowest BCUT2D eigenvalue weighted by Gasteiger charge is -2.19. The number of alkyl halides is 3. The van der Waals surface area contributed by atoms with Gasteiger partial charge in [0.2, 0.25) is 0 Å². The van der Waals surface area contributed by atoms with E-state index in [1.165, 1.54) is 12.1 Å². The van der Waals surface area contributed by atoms with Gasteiger partial charge in [-0.05, 0) is 30.0 Å². The number of amides is 1. The predicted molar refractivity (Wildman–Crippen MR) is 75.5 cm³/mol. The number of hydrogen-bond donors (Lipinski definition) is 1. The Kier molecular flexibility index (Phi) is 5.24. The van der Waals surface area contributed by atoms with Gasteiger partial charge in [-0.3, -0.25) is 4.79 Å². The molecular formula is C14H17BrF3NO. The van der Waals surface area contributed by atoms with Gasteiger partial charge in [-0.25, -0.2) is 0 Å². The molecule has 1 N–H and O–H groups in total. The third-order valence-corrected chi connectivity index (χ3v) is 3.19. The van der Waals surface area contributed by atoms with Crippen LogP contribution in [0.15, 0.2) is 22.7 Å². The lowest BCUT2D eigenvalue weighted by molar-refractivity contribution is -0.138. The molecule has 112 valence electrons. The van der Waals surface area contributed by atoms with E-state index >= 15 is 0 Å². The van der Waals surface area contributed by atoms with E-state index in [9.17, 15) is 18.0 Å². The van der Waals surface area contributed by atoms with Crippen LogP contribution in [-0.2, 0) is 6.18 Å². The Morgan fingerprint density at radius 1 is 1.25 bits per heavy atom. The van der Waals surface area contributed by atoms with Crippen molar-refractivity contribution in [2.24, 2.45) is 5.41 Å². The number of nitrogens with one attached hydrogen (secondary N) is 1. The van der Waals surface area contributed by atoms with Crippen LogP contribution in [0, 0.1) is 5.41 Å². The van der Waals surface area contributed by atoms with E-state index in [-0.39, 0.29) is 15.5 Å². The molecule has 1 aromatic carbocycles. The summed E-state index contributed by atoms with van der Waals surface area (Å²) in [6.45, 7) is 6.34. The molecule has 0 radical (unpaired) electrons. The van der Waals surface area contributed by atoms with Crippen LogP contribution in [-0.4, -0.2) is 12.5 Å². The molecule has 0 aliphatic carbocycles. The second-order valence-electron chi connectivity index (χ2n) is 5.75. The second-order valence-corrected chi connectivity index (χ2v) is 6.67. The van der Waals surface area contributed by atoms with E-state index in [1.54, 1.807) is 0 Å². The fourth-order valence-corrected chi connectivity index (χ4v) is 1.96. The number of rotatable bonds is 3. The van der Waals surface area contributed by atoms with Gasteiger partial charge in [-0.2, -0.15) is 13.2 Å². The molecular weight excluding hydrogens is 335 g/mol. The molecule has 20 heavy (non-hydrogen) atoms. The smallest absolute Gasteiger partial charge is 0.352 e. The highest BCUT2D eigenvalue weighted by atomic mass is 79.9. The molecule has 0 unspecified atom stereocenters. The Labute approximate surface area is 124 Å². The second kappa shape index (κ2) is 6.16. The standard InChI is InChI=1S/C14H17BrF3NO/c1-13(2,3)6-7-19-12(20)10-5-4-9(15)8-11(10)14(16,17)18/h4-5,8H,6-7H2,1-3H3,(H,19,20). The summed E-state index contributed by atoms with van der Waals surface area (Å²) in [6.07, 6.45) is -3.86. The summed E-state index contributed by atoms with van der Waals surface area (Å²) in [5, 5.41) is 2.53. The summed E-state index contributed by atoms with van der Waals surface area (Å²) in [6, 6.07) is 3.52. The monoisotopic (exact) mass is 351 g/mol. The van der Waals surface area contributed by atoms with Gasteiger partial charge in [0.25, 0.3) is 5.91 Å². The third-order valence-electron chi connectivity index (χ3n) is 2.69. The van der Waals surface area contributed by atoms with Crippen molar-refractivity contribution < 1.29 is 18.0 Å². The predicted octanol–water partition coefficient (Wildman–Crippen LogP) is 4.63. The molecule has 0 aromatic heterocycles. The highest BCUT2D eigenvalue weighted by molar-refractivity contribution is 9.10. The lowest BCUT2D eigenvalue weighted by atomic mass is 9.92. The average molecular weight is 352 g/mol. The molecule has 2 nitrogen and oxygen atoms in total. The summed E-state index contributed by atoms with van der Waals surface area (Å²) in [4.78, 5) is 11.9. The molecule has 0 bridgehead atoms. The van der Waals surface area contributed by atoms with Gasteiger partial charge in [0.1, 0.15) is 0 Å². The van der Waals surface area contributed by atoms with Gasteiger partial charge in [0, 0.05) is 11.0 Å². The summed E-state index contributed by atoms with van der Waals surface area (Å²) < 4.78 is 39.0. The van der Waals surface area contributed by atoms with E-state index in [2.05, 4.69) is 21.2 Å². The van der Waals surface area contributed by atoms with Crippen LogP contribution in [0.4, 0.5) is 13.2 Å². The Morgan fingerprint density at radius 3 is 2.35 bits per heavy atom. The molecule has 0 aliphatic heterocycles. The van der Waals surface area contributed by atoms with Gasteiger partial charge in [-0.1, -0.05) is 36.7 Å². The minimum absolute atomic E-state index is 0.0137. The fraction of sp³-hybridized carbons (Fsp3) is 0.500. The zero-order valence-corrected chi connectivity index (χ0v) is 13.2. The van der Waals surface area contributed by atoms with E-state index in [0.717, 1.165) is 6.07 Å². The van der Waals surface area contributed by atoms with Crippen molar-refractivity contribution in [2.45, 2.75) is 33.4 Å². The van der Waals surface area contributed by atoms with Crippen LogP contribution >= 0.6 is 15.9 Å². The Balaban J connectivity index is 2.88. The molecule has 0 spiro atoms. The molecule has 6 heteroatoms. The normalized spacial score (nSPS) is 12.3. The van der Waals surface area contributed by atoms with Crippen molar-refractivity contribution in [3.8, 4) is 0 Å². The van der Waals surface area contributed by atoms with E-state index in [4.69, 9.17) is 0 Å². The SMILES string of the molecule is CC(C)(C)CCNC(=O)c1ccc(Br)cc1C(F)(F)F. The van der Waals surface area contributed by atoms with Crippen molar-refractivity contribution in [3.05, 3.63) is 33.8 Å². The molecule has 1 aromatic rings. The van der Waals surface area contributed by atoms with Gasteiger partial charge in [0.15, 0.2) is 0 Å². The summed E-state index contributed by atoms with van der Waals surface area (Å²) in [5.74, 6) is -0.700. The maximum Gasteiger partial charge on any atom is 0.417 e. The first-order valence-corrected chi connectivity index (χ1v) is 6.95. The summed E-state index contributed by atoms with van der Waals surface area (Å²) in [5.41, 5.74) is -1.27. The van der Waals surface area contributed by atoms with Crippen molar-refractivity contribution in [3.63, 3.8) is 0 Å². The molecule has 0 aliphatic rings. The van der Waals surface area contributed by atoms with Crippen LogP contribution < -0.4 is 5.32 Å². The Morgan fingerprint density at radius 2 is 1.85 bits per heavy atom. The largest absolute Gasteiger partial charge is 0.417 e. The van der Waals surface area contributed by atoms with Crippen molar-refractivity contribution in [2.75, 3.05) is 6.54 Å². The van der Waals surface area contributed by atoms with Crippen molar-refractivity contribution in [1.82, 2.24) is 5.32 Å². The highest BCUT2D eigenvalue weighted by Crippen LogP contribution is 2.33. The van der Waals surface area contributed by atoms with E-state index < -0.39 is 17.6 Å². The maximum atomic E-state index is 12.9. The van der Waals surface area contributed by atoms with E-state index in [1.807, 2.05) is 20.8 Å². The Hall–Kier alpha value is -1.04. The highest BCUT2D eigenvalue weighted by Gasteiger charge is 2.35. The zero-order chi connectivity index (χ0) is 15.6. The van der Waals surface area contributed by atoms with Crippen LogP contribution in [0.25, 0.3) is 0 Å².